The molecule has 27 heavy (non-hydrogen) atoms. The number of rotatable bonds is 5. The van der Waals surface area contributed by atoms with Gasteiger partial charge in [0.25, 0.3) is 5.91 Å². The molecular formula is C20H21N5O2. The second kappa shape index (κ2) is 7.57. The van der Waals surface area contributed by atoms with Crippen molar-refractivity contribution >= 4 is 22.7 Å². The summed E-state index contributed by atoms with van der Waals surface area (Å²) in [6, 6.07) is 8.23. The minimum Gasteiger partial charge on any atom is -0.356 e. The summed E-state index contributed by atoms with van der Waals surface area (Å²) in [7, 11) is 0. The molecule has 0 radical (unpaired) electrons. The van der Waals surface area contributed by atoms with Crippen molar-refractivity contribution in [3.05, 3.63) is 59.8 Å². The van der Waals surface area contributed by atoms with Crippen molar-refractivity contribution in [2.45, 2.75) is 31.7 Å². The maximum atomic E-state index is 12.3. The maximum Gasteiger partial charge on any atom is 0.271 e. The van der Waals surface area contributed by atoms with E-state index in [9.17, 15) is 9.59 Å². The Balaban J connectivity index is 1.35. The van der Waals surface area contributed by atoms with Gasteiger partial charge in [0.15, 0.2) is 0 Å². The number of nitrogens with zero attached hydrogens (tertiary/aromatic N) is 2. The van der Waals surface area contributed by atoms with E-state index in [1.165, 1.54) is 29.5 Å². The third kappa shape index (κ3) is 3.67. The first-order chi connectivity index (χ1) is 13.2. The van der Waals surface area contributed by atoms with E-state index in [1.54, 1.807) is 0 Å². The van der Waals surface area contributed by atoms with E-state index in [0.29, 0.717) is 0 Å². The lowest BCUT2D eigenvalue weighted by Crippen LogP contribution is -2.34. The molecule has 0 fully saturated rings. The summed E-state index contributed by atoms with van der Waals surface area (Å²) >= 11 is 0. The van der Waals surface area contributed by atoms with Crippen LogP contribution in [0.4, 0.5) is 0 Å². The molecule has 0 unspecified atom stereocenters. The monoisotopic (exact) mass is 363 g/mol. The van der Waals surface area contributed by atoms with Crippen LogP contribution < -0.4 is 10.6 Å². The van der Waals surface area contributed by atoms with Crippen molar-refractivity contribution in [3.8, 4) is 0 Å². The summed E-state index contributed by atoms with van der Waals surface area (Å²) in [6.45, 7) is 0.257. The molecule has 1 aliphatic carbocycles. The van der Waals surface area contributed by atoms with E-state index in [1.807, 2.05) is 12.1 Å². The number of para-hydroxylation sites is 1. The lowest BCUT2D eigenvalue weighted by Gasteiger charge is -2.24. The van der Waals surface area contributed by atoms with Crippen molar-refractivity contribution in [1.29, 1.82) is 0 Å². The van der Waals surface area contributed by atoms with Crippen LogP contribution in [0.15, 0.2) is 42.9 Å². The number of aromatic amines is 1. The Kier molecular flexibility index (Phi) is 4.82. The fourth-order valence-corrected chi connectivity index (χ4v) is 3.62. The molecule has 3 N–H and O–H groups in total. The number of carbonyl (C=O) groups excluding carboxylic acids is 2. The molecule has 7 heteroatoms. The normalized spacial score (nSPS) is 15.9. The van der Waals surface area contributed by atoms with Gasteiger partial charge in [-0.25, -0.2) is 4.98 Å². The first-order valence-electron chi connectivity index (χ1n) is 9.15. The zero-order valence-corrected chi connectivity index (χ0v) is 14.9. The van der Waals surface area contributed by atoms with E-state index >= 15 is 0 Å². The van der Waals surface area contributed by atoms with Gasteiger partial charge >= 0.3 is 0 Å². The van der Waals surface area contributed by atoms with Gasteiger partial charge in [0.05, 0.1) is 12.2 Å². The van der Waals surface area contributed by atoms with Gasteiger partial charge < -0.3 is 15.6 Å². The average Bonchev–Trinajstić information content (AvgIpc) is 3.08. The molecule has 7 nitrogen and oxygen atoms in total. The van der Waals surface area contributed by atoms with Crippen LogP contribution in [0.2, 0.25) is 0 Å². The van der Waals surface area contributed by atoms with E-state index in [0.717, 1.165) is 30.5 Å². The van der Waals surface area contributed by atoms with Gasteiger partial charge in [-0.1, -0.05) is 18.2 Å². The molecule has 0 spiro atoms. The summed E-state index contributed by atoms with van der Waals surface area (Å²) in [5.74, 6) is -0.405. The first-order valence-corrected chi connectivity index (χ1v) is 9.15. The maximum absolute atomic E-state index is 12.3. The summed E-state index contributed by atoms with van der Waals surface area (Å²) < 4.78 is 0. The predicted molar refractivity (Wildman–Crippen MR) is 101 cm³/mol. The van der Waals surface area contributed by atoms with Gasteiger partial charge in [-0.3, -0.25) is 14.6 Å². The van der Waals surface area contributed by atoms with Crippen molar-refractivity contribution in [2.24, 2.45) is 0 Å². The average molecular weight is 363 g/mol. The number of nitrogens with one attached hydrogen (secondary N) is 3. The Labute approximate surface area is 156 Å². The van der Waals surface area contributed by atoms with Crippen LogP contribution in [-0.2, 0) is 11.2 Å². The minimum absolute atomic E-state index is 0.00987. The fourth-order valence-electron chi connectivity index (χ4n) is 3.62. The first kappa shape index (κ1) is 17.2. The number of hydrogen-bond donors (Lipinski definition) is 3. The van der Waals surface area contributed by atoms with Crippen molar-refractivity contribution in [2.75, 3.05) is 6.54 Å². The molecule has 3 aromatic rings. The molecule has 2 heterocycles. The number of H-pyrrole nitrogens is 1. The number of carbonyl (C=O) groups is 2. The number of fused-ring (bicyclic) bond motifs is 3. The molecule has 1 atom stereocenters. The molecule has 0 aliphatic heterocycles. The molecule has 0 saturated carbocycles. The quantitative estimate of drug-likeness (QED) is 0.647. The van der Waals surface area contributed by atoms with Crippen LogP contribution in [0, 0.1) is 0 Å². The SMILES string of the molecule is O=C(CCNC(=O)c1cnccn1)N[C@H]1CCCc2c1[nH]c1ccccc21. The van der Waals surface area contributed by atoms with E-state index in [2.05, 4.69) is 37.7 Å². The van der Waals surface area contributed by atoms with Gasteiger partial charge in [-0.15, -0.1) is 0 Å². The van der Waals surface area contributed by atoms with Crippen molar-refractivity contribution < 1.29 is 9.59 Å². The Hall–Kier alpha value is -3.22. The molecule has 138 valence electrons. The number of aryl methyl sites for hydroxylation is 1. The van der Waals surface area contributed by atoms with Crippen molar-refractivity contribution in [1.82, 2.24) is 25.6 Å². The zero-order valence-electron chi connectivity index (χ0n) is 14.9. The molecule has 1 aromatic carbocycles. The molecule has 0 bridgehead atoms. The van der Waals surface area contributed by atoms with Crippen LogP contribution in [0.5, 0.6) is 0 Å². The molecule has 2 amide bonds. The fraction of sp³-hybridized carbons (Fsp3) is 0.300. The Morgan fingerprint density at radius 2 is 2.11 bits per heavy atom. The van der Waals surface area contributed by atoms with Crippen LogP contribution >= 0.6 is 0 Å². The van der Waals surface area contributed by atoms with Crippen LogP contribution in [0.3, 0.4) is 0 Å². The number of hydrogen-bond acceptors (Lipinski definition) is 4. The standard InChI is InChI=1S/C20H21N5O2/c26-18(8-9-23-20(27)17-12-21-10-11-22-17)24-16-7-3-5-14-13-4-1-2-6-15(13)25-19(14)16/h1-2,4,6,10-12,16,25H,3,5,7-9H2,(H,23,27)(H,24,26)/t16-/m0/s1. The lowest BCUT2D eigenvalue weighted by molar-refractivity contribution is -0.121. The largest absolute Gasteiger partial charge is 0.356 e. The van der Waals surface area contributed by atoms with Crippen molar-refractivity contribution in [3.63, 3.8) is 0 Å². The van der Waals surface area contributed by atoms with E-state index < -0.39 is 0 Å². The van der Waals surface area contributed by atoms with Crippen LogP contribution in [0.25, 0.3) is 10.9 Å². The number of amides is 2. The second-order valence-electron chi connectivity index (χ2n) is 6.67. The lowest BCUT2D eigenvalue weighted by atomic mass is 9.91. The molecule has 0 saturated heterocycles. The Morgan fingerprint density at radius 1 is 1.22 bits per heavy atom. The van der Waals surface area contributed by atoms with Crippen LogP contribution in [-0.4, -0.2) is 33.3 Å². The van der Waals surface area contributed by atoms with E-state index in [-0.39, 0.29) is 36.5 Å². The third-order valence-corrected chi connectivity index (χ3v) is 4.88. The predicted octanol–water partition coefficient (Wildman–Crippen LogP) is 2.27. The summed E-state index contributed by atoms with van der Waals surface area (Å²) in [5.41, 5.74) is 3.77. The van der Waals surface area contributed by atoms with Gasteiger partial charge in [-0.2, -0.15) is 0 Å². The third-order valence-electron chi connectivity index (χ3n) is 4.88. The van der Waals surface area contributed by atoms with Gasteiger partial charge in [0.2, 0.25) is 5.91 Å². The molecule has 1 aliphatic rings. The summed E-state index contributed by atoms with van der Waals surface area (Å²) in [5, 5.41) is 7.04. The number of aromatic nitrogens is 3. The van der Waals surface area contributed by atoms with Gasteiger partial charge in [0.1, 0.15) is 5.69 Å². The van der Waals surface area contributed by atoms with Gasteiger partial charge in [-0.05, 0) is 30.9 Å². The minimum atomic E-state index is -0.327. The van der Waals surface area contributed by atoms with Gasteiger partial charge in [0, 0.05) is 42.0 Å². The van der Waals surface area contributed by atoms with E-state index in [4.69, 9.17) is 0 Å². The highest BCUT2D eigenvalue weighted by atomic mass is 16.2. The molecular weight excluding hydrogens is 342 g/mol. The topological polar surface area (TPSA) is 99.8 Å². The Morgan fingerprint density at radius 3 is 2.96 bits per heavy atom. The Bertz CT molecular complexity index is 967. The zero-order chi connectivity index (χ0) is 18.6. The van der Waals surface area contributed by atoms with Crippen LogP contribution in [0.1, 0.15) is 47.1 Å². The highest BCUT2D eigenvalue weighted by molar-refractivity contribution is 5.92. The smallest absolute Gasteiger partial charge is 0.271 e. The summed E-state index contributed by atoms with van der Waals surface area (Å²) in [4.78, 5) is 35.5. The number of benzene rings is 1. The molecule has 2 aromatic heterocycles. The highest BCUT2D eigenvalue weighted by Crippen LogP contribution is 2.34. The highest BCUT2D eigenvalue weighted by Gasteiger charge is 2.25. The summed E-state index contributed by atoms with van der Waals surface area (Å²) in [6.07, 6.45) is 7.57. The molecule has 4 rings (SSSR count). The second-order valence-corrected chi connectivity index (χ2v) is 6.67.